The Labute approximate surface area is 119 Å². The predicted molar refractivity (Wildman–Crippen MR) is 79.0 cm³/mol. The number of nitrogens with one attached hydrogen (secondary N) is 1. The van der Waals surface area contributed by atoms with Crippen LogP contribution in [-0.2, 0) is 0 Å². The first-order valence-corrected chi connectivity index (χ1v) is 7.77. The van der Waals surface area contributed by atoms with Crippen molar-refractivity contribution in [2.75, 3.05) is 0 Å². The zero-order valence-corrected chi connectivity index (χ0v) is 12.4. The van der Waals surface area contributed by atoms with Crippen LogP contribution in [0.25, 0.3) is 0 Å². The molecule has 0 bridgehead atoms. The SMILES string of the molecule is CC(C)NC1(C#N)CCCC(Sc2ccncc2)C1. The van der Waals surface area contributed by atoms with Gasteiger partial charge < -0.3 is 0 Å². The number of rotatable bonds is 4. The standard InChI is InChI=1S/C15H21N3S/c1-12(2)18-15(11-16)7-3-4-14(10-15)19-13-5-8-17-9-6-13/h5-6,8-9,12,14,18H,3-4,7,10H2,1-2H3. The zero-order valence-electron chi connectivity index (χ0n) is 11.6. The molecule has 2 atom stereocenters. The van der Waals surface area contributed by atoms with Gasteiger partial charge in [0.15, 0.2) is 0 Å². The van der Waals surface area contributed by atoms with Gasteiger partial charge in [-0.1, -0.05) is 0 Å². The number of thioether (sulfide) groups is 1. The van der Waals surface area contributed by atoms with Crippen molar-refractivity contribution >= 4 is 11.8 Å². The quantitative estimate of drug-likeness (QED) is 0.915. The van der Waals surface area contributed by atoms with Crippen molar-refractivity contribution in [3.63, 3.8) is 0 Å². The minimum atomic E-state index is -0.336. The van der Waals surface area contributed by atoms with E-state index in [1.807, 2.05) is 36.3 Å². The Morgan fingerprint density at radius 2 is 2.21 bits per heavy atom. The van der Waals surface area contributed by atoms with E-state index in [9.17, 15) is 5.26 Å². The van der Waals surface area contributed by atoms with Crippen LogP contribution >= 0.6 is 11.8 Å². The van der Waals surface area contributed by atoms with E-state index in [-0.39, 0.29) is 5.54 Å². The molecule has 1 aliphatic rings. The number of nitrogens with zero attached hydrogens (tertiary/aromatic N) is 2. The second-order valence-electron chi connectivity index (χ2n) is 5.51. The minimum Gasteiger partial charge on any atom is -0.297 e. The molecule has 0 aliphatic heterocycles. The summed E-state index contributed by atoms with van der Waals surface area (Å²) in [5.74, 6) is 0. The molecule has 0 amide bonds. The molecule has 0 aromatic carbocycles. The van der Waals surface area contributed by atoms with Gasteiger partial charge in [-0.25, -0.2) is 0 Å². The van der Waals surface area contributed by atoms with E-state index >= 15 is 0 Å². The Kier molecular flexibility index (Phi) is 4.84. The fraction of sp³-hybridized carbons (Fsp3) is 0.600. The number of pyridine rings is 1. The Bertz CT molecular complexity index is 440. The minimum absolute atomic E-state index is 0.336. The smallest absolute Gasteiger partial charge is 0.108 e. The van der Waals surface area contributed by atoms with E-state index in [0.29, 0.717) is 11.3 Å². The van der Waals surface area contributed by atoms with Gasteiger partial charge in [0.25, 0.3) is 0 Å². The number of hydrogen-bond donors (Lipinski definition) is 1. The van der Waals surface area contributed by atoms with Gasteiger partial charge in [-0.2, -0.15) is 5.26 Å². The molecule has 3 nitrogen and oxygen atoms in total. The molecule has 19 heavy (non-hydrogen) atoms. The van der Waals surface area contributed by atoms with Crippen LogP contribution in [0.5, 0.6) is 0 Å². The highest BCUT2D eigenvalue weighted by molar-refractivity contribution is 8.00. The summed E-state index contributed by atoms with van der Waals surface area (Å²) in [6, 6.07) is 6.97. The molecule has 1 saturated carbocycles. The molecule has 2 unspecified atom stereocenters. The van der Waals surface area contributed by atoms with Gasteiger partial charge >= 0.3 is 0 Å². The van der Waals surface area contributed by atoms with Crippen LogP contribution in [0.3, 0.4) is 0 Å². The molecular formula is C15H21N3S. The van der Waals surface area contributed by atoms with Crippen LogP contribution in [0.4, 0.5) is 0 Å². The molecular weight excluding hydrogens is 254 g/mol. The summed E-state index contributed by atoms with van der Waals surface area (Å²) in [7, 11) is 0. The summed E-state index contributed by atoms with van der Waals surface area (Å²) in [4.78, 5) is 5.29. The lowest BCUT2D eigenvalue weighted by Gasteiger charge is -2.37. The summed E-state index contributed by atoms with van der Waals surface area (Å²) < 4.78 is 0. The third-order valence-electron chi connectivity index (χ3n) is 3.44. The summed E-state index contributed by atoms with van der Waals surface area (Å²) in [5.41, 5.74) is -0.336. The van der Waals surface area contributed by atoms with E-state index in [4.69, 9.17) is 0 Å². The van der Waals surface area contributed by atoms with Gasteiger partial charge in [-0.05, 0) is 51.7 Å². The van der Waals surface area contributed by atoms with Gasteiger partial charge in [-0.15, -0.1) is 11.8 Å². The van der Waals surface area contributed by atoms with E-state index in [1.165, 1.54) is 11.3 Å². The molecule has 1 heterocycles. The van der Waals surface area contributed by atoms with Crippen LogP contribution in [0.2, 0.25) is 0 Å². The summed E-state index contributed by atoms with van der Waals surface area (Å²) in [6.07, 6.45) is 7.86. The predicted octanol–water partition coefficient (Wildman–Crippen LogP) is 3.38. The molecule has 102 valence electrons. The average Bonchev–Trinajstić information content (AvgIpc) is 2.39. The summed E-state index contributed by atoms with van der Waals surface area (Å²) in [6.45, 7) is 4.22. The Morgan fingerprint density at radius 1 is 1.47 bits per heavy atom. The van der Waals surface area contributed by atoms with Crippen molar-refractivity contribution in [3.8, 4) is 6.07 Å². The number of aromatic nitrogens is 1. The molecule has 1 aromatic rings. The monoisotopic (exact) mass is 275 g/mol. The highest BCUT2D eigenvalue weighted by atomic mass is 32.2. The van der Waals surface area contributed by atoms with Crippen molar-refractivity contribution in [1.82, 2.24) is 10.3 Å². The van der Waals surface area contributed by atoms with Crippen LogP contribution in [0.15, 0.2) is 29.4 Å². The second-order valence-corrected chi connectivity index (χ2v) is 6.89. The van der Waals surface area contributed by atoms with Crippen LogP contribution in [0, 0.1) is 11.3 Å². The fourth-order valence-corrected chi connectivity index (χ4v) is 4.07. The third-order valence-corrected chi connectivity index (χ3v) is 4.72. The van der Waals surface area contributed by atoms with Crippen molar-refractivity contribution in [1.29, 1.82) is 5.26 Å². The topological polar surface area (TPSA) is 48.7 Å². The first kappa shape index (κ1) is 14.4. The average molecular weight is 275 g/mol. The lowest BCUT2D eigenvalue weighted by Crippen LogP contribution is -2.51. The van der Waals surface area contributed by atoms with Crippen molar-refractivity contribution in [2.45, 2.75) is 61.3 Å². The first-order valence-electron chi connectivity index (χ1n) is 6.89. The van der Waals surface area contributed by atoms with Gasteiger partial charge in [0, 0.05) is 28.6 Å². The number of hydrogen-bond acceptors (Lipinski definition) is 4. The molecule has 4 heteroatoms. The van der Waals surface area contributed by atoms with Gasteiger partial charge in [0.1, 0.15) is 5.54 Å². The van der Waals surface area contributed by atoms with E-state index in [1.54, 1.807) is 0 Å². The van der Waals surface area contributed by atoms with E-state index < -0.39 is 0 Å². The normalized spacial score (nSPS) is 27.2. The Morgan fingerprint density at radius 3 is 2.84 bits per heavy atom. The van der Waals surface area contributed by atoms with Crippen LogP contribution < -0.4 is 5.32 Å². The molecule has 2 rings (SSSR count). The largest absolute Gasteiger partial charge is 0.297 e. The van der Waals surface area contributed by atoms with E-state index in [0.717, 1.165) is 19.3 Å². The zero-order chi connectivity index (χ0) is 13.7. The molecule has 0 radical (unpaired) electrons. The molecule has 1 aliphatic carbocycles. The van der Waals surface area contributed by atoms with E-state index in [2.05, 4.69) is 30.2 Å². The highest BCUT2D eigenvalue weighted by Crippen LogP contribution is 2.38. The Balaban J connectivity index is 2.02. The summed E-state index contributed by atoms with van der Waals surface area (Å²) in [5, 5.41) is 13.5. The lowest BCUT2D eigenvalue weighted by molar-refractivity contribution is 0.284. The Hall–Kier alpha value is -1.05. The van der Waals surface area contributed by atoms with Gasteiger partial charge in [-0.3, -0.25) is 10.3 Å². The number of nitriles is 1. The maximum atomic E-state index is 9.54. The van der Waals surface area contributed by atoms with Crippen molar-refractivity contribution in [2.24, 2.45) is 0 Å². The van der Waals surface area contributed by atoms with Crippen LogP contribution in [-0.4, -0.2) is 21.8 Å². The maximum Gasteiger partial charge on any atom is 0.108 e. The van der Waals surface area contributed by atoms with Crippen LogP contribution in [0.1, 0.15) is 39.5 Å². The first-order chi connectivity index (χ1) is 9.13. The maximum absolute atomic E-state index is 9.54. The second kappa shape index (κ2) is 6.40. The van der Waals surface area contributed by atoms with Crippen molar-refractivity contribution in [3.05, 3.63) is 24.5 Å². The fourth-order valence-electron chi connectivity index (χ4n) is 2.75. The third kappa shape index (κ3) is 3.95. The van der Waals surface area contributed by atoms with Gasteiger partial charge in [0.05, 0.1) is 6.07 Å². The lowest BCUT2D eigenvalue weighted by atomic mass is 9.82. The molecule has 1 N–H and O–H groups in total. The molecule has 0 saturated heterocycles. The van der Waals surface area contributed by atoms with Crippen molar-refractivity contribution < 1.29 is 0 Å². The van der Waals surface area contributed by atoms with Gasteiger partial charge in [0.2, 0.25) is 0 Å². The molecule has 0 spiro atoms. The summed E-state index contributed by atoms with van der Waals surface area (Å²) >= 11 is 1.88. The molecule has 1 aromatic heterocycles. The highest BCUT2D eigenvalue weighted by Gasteiger charge is 2.37. The molecule has 1 fully saturated rings.